The summed E-state index contributed by atoms with van der Waals surface area (Å²) in [6.45, 7) is 2.37. The van der Waals surface area contributed by atoms with Crippen LogP contribution in [0, 0.1) is 6.92 Å². The van der Waals surface area contributed by atoms with E-state index >= 15 is 0 Å². The van der Waals surface area contributed by atoms with Gasteiger partial charge in [0.05, 0.1) is 29.1 Å². The second-order valence-corrected chi connectivity index (χ2v) is 9.36. The van der Waals surface area contributed by atoms with E-state index in [0.29, 0.717) is 5.69 Å². The number of methoxy groups -OCH3 is 1. The van der Waals surface area contributed by atoms with Crippen molar-refractivity contribution >= 4 is 21.6 Å². The largest absolute Gasteiger partial charge is 0.517 e. The Labute approximate surface area is 182 Å². The van der Waals surface area contributed by atoms with Gasteiger partial charge in [-0.2, -0.15) is 25.9 Å². The third-order valence-electron chi connectivity index (χ3n) is 5.61. The normalized spacial score (nSPS) is 19.3. The summed E-state index contributed by atoms with van der Waals surface area (Å²) in [6, 6.07) is 5.04. The molecular weight excluding hydrogens is 453 g/mol. The summed E-state index contributed by atoms with van der Waals surface area (Å²) in [5.41, 5.74) is -6.16. The number of ether oxygens (including phenoxy) is 1. The summed E-state index contributed by atoms with van der Waals surface area (Å²) in [7, 11) is -4.42. The standard InChI is InChI=1S/C20H23F3N2O6S/c1-12-15(19(27)31-24(12)17-9-6-10-18(17)30-3)11-14-7-4-5-8-16(14)25(13(2)26)32(28,29)20(21,22)23/h4-5,7-8,17-18H,6,9-11H2,1-3H3. The lowest BCUT2D eigenvalue weighted by molar-refractivity contribution is -0.115. The maximum Gasteiger partial charge on any atom is 0.517 e. The van der Waals surface area contributed by atoms with Crippen LogP contribution in [0.5, 0.6) is 0 Å². The van der Waals surface area contributed by atoms with Crippen molar-refractivity contribution in [3.63, 3.8) is 0 Å². The molecule has 1 aromatic carbocycles. The number of nitrogens with zero attached hydrogens (tertiary/aromatic N) is 2. The van der Waals surface area contributed by atoms with Crippen LogP contribution >= 0.6 is 0 Å². The lowest BCUT2D eigenvalue weighted by atomic mass is 10.0. The SMILES string of the molecule is COC1CCCC1n1oc(=O)c(Cc2ccccc2N(C(C)=O)S(=O)(=O)C(F)(F)F)c1C. The van der Waals surface area contributed by atoms with Gasteiger partial charge in [0.25, 0.3) is 0 Å². The Kier molecular flexibility index (Phi) is 6.57. The summed E-state index contributed by atoms with van der Waals surface area (Å²) >= 11 is 0. The first kappa shape index (κ1) is 24.1. The Morgan fingerprint density at radius 3 is 2.53 bits per heavy atom. The van der Waals surface area contributed by atoms with Crippen molar-refractivity contribution in [3.8, 4) is 0 Å². The summed E-state index contributed by atoms with van der Waals surface area (Å²) in [5.74, 6) is -1.33. The molecule has 176 valence electrons. The van der Waals surface area contributed by atoms with Crippen LogP contribution in [-0.4, -0.2) is 37.8 Å². The second kappa shape index (κ2) is 8.74. The first-order chi connectivity index (χ1) is 14.9. The summed E-state index contributed by atoms with van der Waals surface area (Å²) in [5, 5.41) is 0. The van der Waals surface area contributed by atoms with Gasteiger partial charge in [0.2, 0.25) is 5.91 Å². The Balaban J connectivity index is 2.06. The van der Waals surface area contributed by atoms with E-state index < -0.39 is 32.8 Å². The predicted molar refractivity (Wildman–Crippen MR) is 109 cm³/mol. The summed E-state index contributed by atoms with van der Waals surface area (Å²) in [4.78, 5) is 24.6. The number of aromatic nitrogens is 1. The molecule has 0 spiro atoms. The highest BCUT2D eigenvalue weighted by Crippen LogP contribution is 2.35. The number of alkyl halides is 3. The van der Waals surface area contributed by atoms with E-state index in [4.69, 9.17) is 9.26 Å². The molecule has 1 fully saturated rings. The first-order valence-corrected chi connectivity index (χ1v) is 11.3. The van der Waals surface area contributed by atoms with E-state index in [1.165, 1.54) is 22.9 Å². The topological polar surface area (TPSA) is 98.8 Å². The van der Waals surface area contributed by atoms with E-state index in [1.807, 2.05) is 0 Å². The third kappa shape index (κ3) is 4.20. The van der Waals surface area contributed by atoms with Crippen molar-refractivity contribution < 1.29 is 35.6 Å². The van der Waals surface area contributed by atoms with E-state index in [-0.39, 0.29) is 34.0 Å². The van der Waals surface area contributed by atoms with Crippen LogP contribution in [0.4, 0.5) is 18.9 Å². The van der Waals surface area contributed by atoms with Gasteiger partial charge in [-0.15, -0.1) is 0 Å². The minimum atomic E-state index is -5.98. The summed E-state index contributed by atoms with van der Waals surface area (Å²) < 4.78 is 75.7. The zero-order valence-corrected chi connectivity index (χ0v) is 18.5. The zero-order chi connectivity index (χ0) is 23.8. The Morgan fingerprint density at radius 2 is 1.94 bits per heavy atom. The first-order valence-electron chi connectivity index (χ1n) is 9.84. The number of hydrogen-bond acceptors (Lipinski definition) is 6. The average molecular weight is 476 g/mol. The van der Waals surface area contributed by atoms with Gasteiger partial charge in [0.15, 0.2) is 0 Å². The molecule has 1 aliphatic carbocycles. The highest BCUT2D eigenvalue weighted by atomic mass is 32.2. The minimum Gasteiger partial charge on any atom is -0.379 e. The number of sulfonamides is 1. The summed E-state index contributed by atoms with van der Waals surface area (Å²) in [6.07, 6.45) is 2.04. The molecule has 1 saturated carbocycles. The molecular formula is C20H23F3N2O6S. The fourth-order valence-electron chi connectivity index (χ4n) is 4.08. The number of benzene rings is 1. The van der Waals surface area contributed by atoms with Gasteiger partial charge in [-0.25, -0.2) is 9.53 Å². The highest BCUT2D eigenvalue weighted by Gasteiger charge is 2.52. The van der Waals surface area contributed by atoms with Gasteiger partial charge in [0.1, 0.15) is 0 Å². The monoisotopic (exact) mass is 476 g/mol. The molecule has 0 aliphatic heterocycles. The average Bonchev–Trinajstić information content (AvgIpc) is 3.27. The van der Waals surface area contributed by atoms with Gasteiger partial charge < -0.3 is 9.26 Å². The van der Waals surface area contributed by atoms with Gasteiger partial charge in [-0.05, 0) is 37.8 Å². The molecule has 0 saturated heterocycles. The molecule has 8 nitrogen and oxygen atoms in total. The molecule has 12 heteroatoms. The molecule has 1 aromatic heterocycles. The lowest BCUT2D eigenvalue weighted by Crippen LogP contribution is -2.44. The predicted octanol–water partition coefficient (Wildman–Crippen LogP) is 3.28. The third-order valence-corrected chi connectivity index (χ3v) is 7.13. The van der Waals surface area contributed by atoms with Crippen LogP contribution in [0.2, 0.25) is 0 Å². The highest BCUT2D eigenvalue weighted by molar-refractivity contribution is 7.94. The minimum absolute atomic E-state index is 0.0541. The van der Waals surface area contributed by atoms with Crippen molar-refractivity contribution in [3.05, 3.63) is 51.5 Å². The van der Waals surface area contributed by atoms with Crippen molar-refractivity contribution in [2.45, 2.75) is 57.2 Å². The molecule has 0 bridgehead atoms. The molecule has 2 unspecified atom stereocenters. The van der Waals surface area contributed by atoms with Crippen LogP contribution in [0.15, 0.2) is 33.6 Å². The maximum atomic E-state index is 13.2. The van der Waals surface area contributed by atoms with E-state index in [0.717, 1.165) is 32.3 Å². The van der Waals surface area contributed by atoms with Gasteiger partial charge in [0, 0.05) is 20.5 Å². The molecule has 3 rings (SSSR count). The molecule has 2 aromatic rings. The number of carbonyl (C=O) groups excluding carboxylic acids is 1. The quantitative estimate of drug-likeness (QED) is 0.635. The number of rotatable bonds is 6. The fourth-order valence-corrected chi connectivity index (χ4v) is 5.06. The van der Waals surface area contributed by atoms with E-state index in [2.05, 4.69) is 0 Å². The van der Waals surface area contributed by atoms with Crippen LogP contribution < -0.4 is 9.93 Å². The smallest absolute Gasteiger partial charge is 0.379 e. The molecule has 0 radical (unpaired) electrons. The molecule has 32 heavy (non-hydrogen) atoms. The number of amides is 1. The molecule has 1 aliphatic rings. The number of hydrogen-bond donors (Lipinski definition) is 0. The van der Waals surface area contributed by atoms with Crippen LogP contribution in [0.3, 0.4) is 0 Å². The Morgan fingerprint density at radius 1 is 1.28 bits per heavy atom. The lowest BCUT2D eigenvalue weighted by Gasteiger charge is -2.24. The maximum absolute atomic E-state index is 13.2. The molecule has 0 N–H and O–H groups in total. The Bertz CT molecular complexity index is 1170. The molecule has 1 amide bonds. The van der Waals surface area contributed by atoms with Crippen molar-refractivity contribution in [2.75, 3.05) is 11.4 Å². The number of anilines is 1. The number of para-hydroxylation sites is 1. The van der Waals surface area contributed by atoms with E-state index in [9.17, 15) is 31.2 Å². The van der Waals surface area contributed by atoms with Crippen LogP contribution in [0.1, 0.15) is 49.0 Å². The van der Waals surface area contributed by atoms with Crippen molar-refractivity contribution in [2.24, 2.45) is 0 Å². The zero-order valence-electron chi connectivity index (χ0n) is 17.7. The van der Waals surface area contributed by atoms with Crippen LogP contribution in [-0.2, 0) is 26.0 Å². The second-order valence-electron chi connectivity index (χ2n) is 7.58. The van der Waals surface area contributed by atoms with Gasteiger partial charge in [-0.3, -0.25) is 4.79 Å². The van der Waals surface area contributed by atoms with Gasteiger partial charge >= 0.3 is 21.2 Å². The number of halogens is 3. The molecule has 2 atom stereocenters. The van der Waals surface area contributed by atoms with Crippen molar-refractivity contribution in [1.82, 2.24) is 4.74 Å². The van der Waals surface area contributed by atoms with Gasteiger partial charge in [-0.1, -0.05) is 18.2 Å². The van der Waals surface area contributed by atoms with E-state index in [1.54, 1.807) is 14.0 Å². The molecule has 1 heterocycles. The Hall–Kier alpha value is -2.60. The van der Waals surface area contributed by atoms with Crippen LogP contribution in [0.25, 0.3) is 0 Å². The van der Waals surface area contributed by atoms with Crippen molar-refractivity contribution in [1.29, 1.82) is 0 Å². The fraction of sp³-hybridized carbons (Fsp3) is 0.500. The number of carbonyl (C=O) groups is 1.